The molecule has 0 aliphatic carbocycles. The van der Waals surface area contributed by atoms with Crippen LogP contribution in [0.3, 0.4) is 0 Å². The van der Waals surface area contributed by atoms with Gasteiger partial charge in [0.1, 0.15) is 5.75 Å². The molecule has 0 spiro atoms. The van der Waals surface area contributed by atoms with Crippen molar-refractivity contribution < 1.29 is 14.6 Å². The molecule has 1 aromatic rings. The molecule has 0 radical (unpaired) electrons. The van der Waals surface area contributed by atoms with Gasteiger partial charge >= 0.3 is 0 Å². The van der Waals surface area contributed by atoms with E-state index in [4.69, 9.17) is 4.74 Å². The summed E-state index contributed by atoms with van der Waals surface area (Å²) in [5.74, 6) is 0.456. The van der Waals surface area contributed by atoms with Gasteiger partial charge in [0.15, 0.2) is 6.61 Å². The molecule has 0 bridgehead atoms. The lowest BCUT2D eigenvalue weighted by molar-refractivity contribution is -0.124. The third-order valence-corrected chi connectivity index (χ3v) is 3.60. The van der Waals surface area contributed by atoms with Gasteiger partial charge in [-0.1, -0.05) is 29.8 Å². The van der Waals surface area contributed by atoms with Crippen molar-refractivity contribution in [2.75, 3.05) is 13.2 Å². The highest BCUT2D eigenvalue weighted by molar-refractivity contribution is 9.10. The average molecular weight is 330 g/mol. The van der Waals surface area contributed by atoms with Crippen LogP contribution in [-0.4, -0.2) is 29.8 Å². The molecule has 2 N–H and O–H groups in total. The van der Waals surface area contributed by atoms with E-state index in [0.717, 1.165) is 4.47 Å². The fourth-order valence-electron chi connectivity index (χ4n) is 1.21. The fourth-order valence-corrected chi connectivity index (χ4v) is 1.48. The quantitative estimate of drug-likeness (QED) is 0.842. The number of hydrogen-bond donors (Lipinski definition) is 2. The van der Waals surface area contributed by atoms with Crippen LogP contribution in [0, 0.1) is 5.92 Å². The van der Waals surface area contributed by atoms with Gasteiger partial charge in [0.25, 0.3) is 5.91 Å². The van der Waals surface area contributed by atoms with E-state index in [-0.39, 0.29) is 25.0 Å². The van der Waals surface area contributed by atoms with Crippen molar-refractivity contribution in [3.8, 4) is 5.75 Å². The van der Waals surface area contributed by atoms with E-state index in [0.29, 0.717) is 5.75 Å². The number of benzene rings is 1. The van der Waals surface area contributed by atoms with Crippen molar-refractivity contribution in [2.45, 2.75) is 26.4 Å². The smallest absolute Gasteiger partial charge is 0.258 e. The minimum atomic E-state index is -0.909. The Kier molecular flexibility index (Phi) is 5.82. The maximum absolute atomic E-state index is 11.6. The Labute approximate surface area is 122 Å². The highest BCUT2D eigenvalue weighted by atomic mass is 79.9. The Morgan fingerprint density at radius 1 is 1.42 bits per heavy atom. The number of rotatable bonds is 6. The number of amides is 1. The number of hydrogen-bond acceptors (Lipinski definition) is 3. The lowest BCUT2D eigenvalue weighted by atomic mass is 9.93. The predicted molar refractivity (Wildman–Crippen MR) is 78.1 cm³/mol. The molecule has 1 atom stereocenters. The monoisotopic (exact) mass is 329 g/mol. The van der Waals surface area contributed by atoms with Crippen LogP contribution in [-0.2, 0) is 4.79 Å². The van der Waals surface area contributed by atoms with Crippen LogP contribution in [0.2, 0.25) is 0 Å². The highest BCUT2D eigenvalue weighted by Gasteiger charge is 2.25. The lowest BCUT2D eigenvalue weighted by Crippen LogP contribution is -2.45. The first kappa shape index (κ1) is 16.0. The summed E-state index contributed by atoms with van der Waals surface area (Å²) in [7, 11) is 0. The minimum Gasteiger partial charge on any atom is -0.484 e. The molecule has 0 saturated heterocycles. The third kappa shape index (κ3) is 5.61. The van der Waals surface area contributed by atoms with Crippen LogP contribution < -0.4 is 10.1 Å². The zero-order chi connectivity index (χ0) is 14.5. The van der Waals surface area contributed by atoms with Crippen molar-refractivity contribution in [1.82, 2.24) is 5.32 Å². The second-order valence-corrected chi connectivity index (χ2v) is 5.95. The molecule has 0 aliphatic rings. The molecule has 106 valence electrons. The molecule has 5 heteroatoms. The first-order chi connectivity index (χ1) is 8.81. The van der Waals surface area contributed by atoms with E-state index in [9.17, 15) is 9.90 Å². The number of ether oxygens (including phenoxy) is 1. The SMILES string of the molecule is CC(C)C(C)(O)CNC(=O)COc1ccc(Br)cc1. The zero-order valence-electron chi connectivity index (χ0n) is 11.4. The van der Waals surface area contributed by atoms with Crippen LogP contribution in [0.5, 0.6) is 5.75 Å². The Balaban J connectivity index is 2.34. The second-order valence-electron chi connectivity index (χ2n) is 5.03. The van der Waals surface area contributed by atoms with Crippen LogP contribution in [0.15, 0.2) is 28.7 Å². The predicted octanol–water partition coefficient (Wildman–Crippen LogP) is 2.35. The van der Waals surface area contributed by atoms with Gasteiger partial charge in [0.05, 0.1) is 5.60 Å². The van der Waals surface area contributed by atoms with Gasteiger partial charge in [-0.3, -0.25) is 4.79 Å². The number of carbonyl (C=O) groups is 1. The fraction of sp³-hybridized carbons (Fsp3) is 0.500. The highest BCUT2D eigenvalue weighted by Crippen LogP contribution is 2.16. The molecular weight excluding hydrogens is 310 g/mol. The van der Waals surface area contributed by atoms with E-state index in [2.05, 4.69) is 21.2 Å². The Bertz CT molecular complexity index is 415. The molecule has 0 fully saturated rings. The summed E-state index contributed by atoms with van der Waals surface area (Å²) >= 11 is 3.32. The molecule has 0 saturated carbocycles. The van der Waals surface area contributed by atoms with Gasteiger partial charge in [0, 0.05) is 11.0 Å². The number of carbonyl (C=O) groups excluding carboxylic acids is 1. The maximum Gasteiger partial charge on any atom is 0.258 e. The van der Waals surface area contributed by atoms with Crippen LogP contribution in [0.1, 0.15) is 20.8 Å². The summed E-state index contributed by atoms with van der Waals surface area (Å²) in [4.78, 5) is 11.6. The molecular formula is C14H20BrNO3. The van der Waals surface area contributed by atoms with Gasteiger partial charge in [-0.2, -0.15) is 0 Å². The van der Waals surface area contributed by atoms with Crippen LogP contribution >= 0.6 is 15.9 Å². The topological polar surface area (TPSA) is 58.6 Å². The average Bonchev–Trinajstić information content (AvgIpc) is 2.35. The van der Waals surface area contributed by atoms with Crippen LogP contribution in [0.4, 0.5) is 0 Å². The van der Waals surface area contributed by atoms with Gasteiger partial charge in [-0.05, 0) is 37.1 Å². The van der Waals surface area contributed by atoms with Gasteiger partial charge in [-0.25, -0.2) is 0 Å². The van der Waals surface area contributed by atoms with Crippen molar-refractivity contribution in [1.29, 1.82) is 0 Å². The first-order valence-electron chi connectivity index (χ1n) is 6.18. The third-order valence-electron chi connectivity index (χ3n) is 3.07. The van der Waals surface area contributed by atoms with Gasteiger partial charge in [-0.15, -0.1) is 0 Å². The number of nitrogens with one attached hydrogen (secondary N) is 1. The van der Waals surface area contributed by atoms with Crippen LogP contribution in [0.25, 0.3) is 0 Å². The number of aliphatic hydroxyl groups is 1. The Morgan fingerprint density at radius 2 is 2.00 bits per heavy atom. The van der Waals surface area contributed by atoms with E-state index < -0.39 is 5.60 Å². The summed E-state index contributed by atoms with van der Waals surface area (Å²) in [6.07, 6.45) is 0. The maximum atomic E-state index is 11.6. The molecule has 1 aromatic carbocycles. The lowest BCUT2D eigenvalue weighted by Gasteiger charge is -2.27. The summed E-state index contributed by atoms with van der Waals surface area (Å²) < 4.78 is 6.29. The van der Waals surface area contributed by atoms with E-state index in [1.54, 1.807) is 19.1 Å². The number of halogens is 1. The second kappa shape index (κ2) is 6.91. The van der Waals surface area contributed by atoms with Gasteiger partial charge in [0.2, 0.25) is 0 Å². The molecule has 1 amide bonds. The molecule has 1 unspecified atom stereocenters. The minimum absolute atomic E-state index is 0.0597. The normalized spacial score (nSPS) is 14.0. The molecule has 4 nitrogen and oxygen atoms in total. The molecule has 0 aliphatic heterocycles. The zero-order valence-corrected chi connectivity index (χ0v) is 13.0. The van der Waals surface area contributed by atoms with E-state index in [1.807, 2.05) is 26.0 Å². The molecule has 19 heavy (non-hydrogen) atoms. The van der Waals surface area contributed by atoms with E-state index in [1.165, 1.54) is 0 Å². The van der Waals surface area contributed by atoms with E-state index >= 15 is 0 Å². The summed E-state index contributed by atoms with van der Waals surface area (Å²) in [5, 5.41) is 12.7. The molecule has 0 heterocycles. The Hall–Kier alpha value is -1.07. The van der Waals surface area contributed by atoms with Crippen molar-refractivity contribution in [3.63, 3.8) is 0 Å². The molecule has 0 aromatic heterocycles. The summed E-state index contributed by atoms with van der Waals surface area (Å²) in [6, 6.07) is 7.25. The standard InChI is InChI=1S/C14H20BrNO3/c1-10(2)14(3,18)9-16-13(17)8-19-12-6-4-11(15)5-7-12/h4-7,10,18H,8-9H2,1-3H3,(H,16,17). The first-order valence-corrected chi connectivity index (χ1v) is 6.98. The van der Waals surface area contributed by atoms with Crippen molar-refractivity contribution in [3.05, 3.63) is 28.7 Å². The van der Waals surface area contributed by atoms with Crippen molar-refractivity contribution in [2.24, 2.45) is 5.92 Å². The van der Waals surface area contributed by atoms with Gasteiger partial charge < -0.3 is 15.2 Å². The summed E-state index contributed by atoms with van der Waals surface area (Å²) in [6.45, 7) is 5.67. The largest absolute Gasteiger partial charge is 0.484 e. The molecule has 1 rings (SSSR count). The van der Waals surface area contributed by atoms with Crippen molar-refractivity contribution >= 4 is 21.8 Å². The Morgan fingerprint density at radius 3 is 2.53 bits per heavy atom. The summed E-state index contributed by atoms with van der Waals surface area (Å²) in [5.41, 5.74) is -0.909.